The van der Waals surface area contributed by atoms with Crippen molar-refractivity contribution in [3.63, 3.8) is 0 Å². The van der Waals surface area contributed by atoms with Gasteiger partial charge in [-0.25, -0.2) is 0 Å². The number of carbonyl (C=O) groups is 1. The molecule has 0 bridgehead atoms. The van der Waals surface area contributed by atoms with E-state index in [2.05, 4.69) is 27.1 Å². The first-order chi connectivity index (χ1) is 13.0. The lowest BCUT2D eigenvalue weighted by atomic mass is 10.1. The zero-order valence-corrected chi connectivity index (χ0v) is 16.3. The minimum absolute atomic E-state index is 0.132. The molecule has 1 aliphatic heterocycles. The minimum atomic E-state index is -0.390. The van der Waals surface area contributed by atoms with E-state index < -0.39 is 0 Å². The van der Waals surface area contributed by atoms with E-state index in [1.165, 1.54) is 0 Å². The van der Waals surface area contributed by atoms with Crippen LogP contribution in [-0.4, -0.2) is 67.0 Å². The topological polar surface area (TPSA) is 68.4 Å². The molecule has 2 heterocycles. The van der Waals surface area contributed by atoms with E-state index in [9.17, 15) is 9.59 Å². The van der Waals surface area contributed by atoms with Gasteiger partial charge in [-0.2, -0.15) is 0 Å². The number of H-pyrrole nitrogens is 1. The normalized spacial score (nSPS) is 15.6. The van der Waals surface area contributed by atoms with E-state index in [-0.39, 0.29) is 17.0 Å². The number of rotatable bonds is 6. The summed E-state index contributed by atoms with van der Waals surface area (Å²) in [5.74, 6) is -0.336. The zero-order valence-electron chi connectivity index (χ0n) is 15.5. The number of nitrogens with zero attached hydrogens (tertiary/aromatic N) is 2. The maximum absolute atomic E-state index is 12.3. The molecule has 2 N–H and O–H groups in total. The standard InChI is InChI=1S/C20H25ClN4O2/c1-24-11-13-25(14-12-24)10-2-9-22-19(26)17-7-8-18(23-20(17)27)15-3-5-16(21)6-4-15/h3-8H,2,9-14H2,1H3,(H,22,26)(H,23,27). The number of aromatic amines is 1. The van der Waals surface area contributed by atoms with Crippen molar-refractivity contribution in [1.29, 1.82) is 0 Å². The fraction of sp³-hybridized carbons (Fsp3) is 0.400. The van der Waals surface area contributed by atoms with Crippen molar-refractivity contribution in [1.82, 2.24) is 20.1 Å². The highest BCUT2D eigenvalue weighted by atomic mass is 35.5. The summed E-state index contributed by atoms with van der Waals surface area (Å²) in [7, 11) is 2.13. The van der Waals surface area contributed by atoms with Crippen LogP contribution in [0.4, 0.5) is 0 Å². The first-order valence-corrected chi connectivity index (χ1v) is 9.59. The molecule has 1 aliphatic rings. The fourth-order valence-electron chi connectivity index (χ4n) is 3.12. The summed E-state index contributed by atoms with van der Waals surface area (Å²) in [4.78, 5) is 32.0. The molecule has 0 unspecified atom stereocenters. The third-order valence-electron chi connectivity index (χ3n) is 4.84. The lowest BCUT2D eigenvalue weighted by Gasteiger charge is -2.32. The predicted molar refractivity (Wildman–Crippen MR) is 108 cm³/mol. The minimum Gasteiger partial charge on any atom is -0.352 e. The first kappa shape index (κ1) is 19.6. The number of benzene rings is 1. The Balaban J connectivity index is 1.51. The van der Waals surface area contributed by atoms with E-state index in [1.807, 2.05) is 12.1 Å². The summed E-state index contributed by atoms with van der Waals surface area (Å²) < 4.78 is 0. The summed E-state index contributed by atoms with van der Waals surface area (Å²) in [5.41, 5.74) is 1.24. The average molecular weight is 389 g/mol. The number of pyridine rings is 1. The second-order valence-corrected chi connectivity index (χ2v) is 7.31. The van der Waals surface area contributed by atoms with Crippen LogP contribution in [0.1, 0.15) is 16.8 Å². The smallest absolute Gasteiger partial charge is 0.261 e. The molecule has 1 aromatic heterocycles. The molecular formula is C20H25ClN4O2. The Kier molecular flexibility index (Phi) is 6.66. The van der Waals surface area contributed by atoms with Crippen LogP contribution in [0.5, 0.6) is 0 Å². The van der Waals surface area contributed by atoms with Gasteiger partial charge in [0.05, 0.1) is 0 Å². The van der Waals surface area contributed by atoms with Crippen molar-refractivity contribution in [3.8, 4) is 11.3 Å². The van der Waals surface area contributed by atoms with Crippen LogP contribution in [0.3, 0.4) is 0 Å². The van der Waals surface area contributed by atoms with Gasteiger partial charge in [0.2, 0.25) is 0 Å². The number of hydrogen-bond donors (Lipinski definition) is 2. The maximum Gasteiger partial charge on any atom is 0.261 e. The van der Waals surface area contributed by atoms with E-state index in [0.717, 1.165) is 44.7 Å². The molecule has 7 heteroatoms. The molecule has 1 fully saturated rings. The molecule has 3 rings (SSSR count). The maximum atomic E-state index is 12.3. The molecule has 2 aromatic rings. The van der Waals surface area contributed by atoms with Crippen LogP contribution in [0.2, 0.25) is 5.02 Å². The van der Waals surface area contributed by atoms with Crippen molar-refractivity contribution in [2.75, 3.05) is 46.3 Å². The van der Waals surface area contributed by atoms with Crippen molar-refractivity contribution < 1.29 is 4.79 Å². The van der Waals surface area contributed by atoms with Gasteiger partial charge in [-0.1, -0.05) is 23.7 Å². The molecule has 1 saturated heterocycles. The van der Waals surface area contributed by atoms with E-state index in [4.69, 9.17) is 11.6 Å². The Morgan fingerprint density at radius 1 is 1.11 bits per heavy atom. The van der Waals surface area contributed by atoms with Gasteiger partial charge in [0, 0.05) is 43.4 Å². The summed E-state index contributed by atoms with van der Waals surface area (Å²) >= 11 is 5.88. The highest BCUT2D eigenvalue weighted by Crippen LogP contribution is 2.18. The number of aromatic nitrogens is 1. The van der Waals surface area contributed by atoms with Gasteiger partial charge in [-0.15, -0.1) is 0 Å². The molecule has 27 heavy (non-hydrogen) atoms. The molecule has 1 amide bonds. The second kappa shape index (κ2) is 9.17. The highest BCUT2D eigenvalue weighted by molar-refractivity contribution is 6.30. The van der Waals surface area contributed by atoms with Crippen molar-refractivity contribution in [2.24, 2.45) is 0 Å². The monoisotopic (exact) mass is 388 g/mol. The molecule has 0 saturated carbocycles. The van der Waals surface area contributed by atoms with Crippen molar-refractivity contribution in [3.05, 3.63) is 57.3 Å². The van der Waals surface area contributed by atoms with Gasteiger partial charge < -0.3 is 20.1 Å². The number of nitrogens with one attached hydrogen (secondary N) is 2. The Morgan fingerprint density at radius 2 is 1.81 bits per heavy atom. The van der Waals surface area contributed by atoms with Crippen LogP contribution >= 0.6 is 11.6 Å². The number of piperazine rings is 1. The van der Waals surface area contributed by atoms with Crippen LogP contribution < -0.4 is 10.9 Å². The number of amides is 1. The van der Waals surface area contributed by atoms with Gasteiger partial charge >= 0.3 is 0 Å². The number of halogens is 1. The third kappa shape index (κ3) is 5.42. The second-order valence-electron chi connectivity index (χ2n) is 6.88. The average Bonchev–Trinajstić information content (AvgIpc) is 2.67. The SMILES string of the molecule is CN1CCN(CCCNC(=O)c2ccc(-c3ccc(Cl)cc3)[nH]c2=O)CC1. The first-order valence-electron chi connectivity index (χ1n) is 9.21. The molecule has 6 nitrogen and oxygen atoms in total. The summed E-state index contributed by atoms with van der Waals surface area (Å²) in [6.07, 6.45) is 0.871. The highest BCUT2D eigenvalue weighted by Gasteiger charge is 2.14. The lowest BCUT2D eigenvalue weighted by Crippen LogP contribution is -2.45. The Bertz CT molecular complexity index is 827. The Hall–Kier alpha value is -2.15. The Labute approximate surface area is 164 Å². The van der Waals surface area contributed by atoms with Gasteiger partial charge in [-0.3, -0.25) is 9.59 Å². The summed E-state index contributed by atoms with van der Waals surface area (Å²) in [5, 5.41) is 3.47. The van der Waals surface area contributed by atoms with E-state index >= 15 is 0 Å². The number of carbonyl (C=O) groups excluding carboxylic acids is 1. The molecule has 144 valence electrons. The molecule has 0 radical (unpaired) electrons. The molecule has 0 atom stereocenters. The molecular weight excluding hydrogens is 364 g/mol. The van der Waals surface area contributed by atoms with Gasteiger partial charge in [0.1, 0.15) is 5.56 Å². The van der Waals surface area contributed by atoms with Crippen molar-refractivity contribution in [2.45, 2.75) is 6.42 Å². The fourth-order valence-corrected chi connectivity index (χ4v) is 3.25. The quantitative estimate of drug-likeness (QED) is 0.743. The van der Waals surface area contributed by atoms with E-state index in [1.54, 1.807) is 24.3 Å². The van der Waals surface area contributed by atoms with Crippen molar-refractivity contribution >= 4 is 17.5 Å². The molecule has 0 aliphatic carbocycles. The van der Waals surface area contributed by atoms with Crippen LogP contribution in [0.15, 0.2) is 41.2 Å². The predicted octanol–water partition coefficient (Wildman–Crippen LogP) is 2.06. The summed E-state index contributed by atoms with van der Waals surface area (Å²) in [6, 6.07) is 10.5. The summed E-state index contributed by atoms with van der Waals surface area (Å²) in [6.45, 7) is 5.82. The van der Waals surface area contributed by atoms with Gasteiger partial charge in [-0.05, 0) is 49.8 Å². The lowest BCUT2D eigenvalue weighted by molar-refractivity contribution is 0.0948. The van der Waals surface area contributed by atoms with Crippen LogP contribution in [-0.2, 0) is 0 Å². The van der Waals surface area contributed by atoms with Gasteiger partial charge in [0.15, 0.2) is 0 Å². The third-order valence-corrected chi connectivity index (χ3v) is 5.09. The number of likely N-dealkylation sites (N-methyl/N-ethyl adjacent to an activating group) is 1. The van der Waals surface area contributed by atoms with Crippen LogP contribution in [0, 0.1) is 0 Å². The van der Waals surface area contributed by atoms with E-state index in [0.29, 0.717) is 17.3 Å². The van der Waals surface area contributed by atoms with Gasteiger partial charge in [0.25, 0.3) is 11.5 Å². The molecule has 1 aromatic carbocycles. The van der Waals surface area contributed by atoms with Crippen LogP contribution in [0.25, 0.3) is 11.3 Å². The number of hydrogen-bond acceptors (Lipinski definition) is 4. The largest absolute Gasteiger partial charge is 0.352 e. The Morgan fingerprint density at radius 3 is 2.48 bits per heavy atom. The molecule has 0 spiro atoms. The zero-order chi connectivity index (χ0) is 19.2.